The number of halogens is 3. The lowest BCUT2D eigenvalue weighted by molar-refractivity contribution is 0.215. The van der Waals surface area contributed by atoms with Crippen LogP contribution in [0.1, 0.15) is 17.2 Å². The molecule has 5 heteroatoms. The molecule has 84 valence electrons. The van der Waals surface area contributed by atoms with Gasteiger partial charge in [-0.15, -0.1) is 11.3 Å². The molecule has 0 amide bonds. The van der Waals surface area contributed by atoms with Gasteiger partial charge in [0.1, 0.15) is 11.9 Å². The number of hydrogen-bond acceptors (Lipinski definition) is 2. The zero-order valence-corrected chi connectivity index (χ0v) is 11.9. The van der Waals surface area contributed by atoms with Crippen LogP contribution < -0.4 is 0 Å². The summed E-state index contributed by atoms with van der Waals surface area (Å²) in [5, 5.41) is 11.8. The van der Waals surface area contributed by atoms with Gasteiger partial charge in [-0.1, -0.05) is 15.9 Å². The Morgan fingerprint density at radius 1 is 1.25 bits per heavy atom. The number of hydrogen-bond donors (Lipinski definition) is 1. The van der Waals surface area contributed by atoms with Gasteiger partial charge in [0.15, 0.2) is 0 Å². The second-order valence-electron chi connectivity index (χ2n) is 3.25. The Morgan fingerprint density at radius 3 is 2.62 bits per heavy atom. The van der Waals surface area contributed by atoms with E-state index in [4.69, 9.17) is 0 Å². The summed E-state index contributed by atoms with van der Waals surface area (Å²) in [7, 11) is 0. The molecule has 0 aliphatic heterocycles. The fraction of sp³-hybridized carbons (Fsp3) is 0.0909. The Hall–Kier alpha value is -0.230. The number of rotatable bonds is 2. The summed E-state index contributed by atoms with van der Waals surface area (Å²) in [4.78, 5) is 0. The number of aliphatic hydroxyl groups is 1. The van der Waals surface area contributed by atoms with Crippen LogP contribution in [0.3, 0.4) is 0 Å². The summed E-state index contributed by atoms with van der Waals surface area (Å²) < 4.78 is 15.2. The minimum atomic E-state index is -0.931. The molecular formula is C11H7Br2FOS. The highest BCUT2D eigenvalue weighted by Gasteiger charge is 2.16. The van der Waals surface area contributed by atoms with E-state index in [1.54, 1.807) is 23.6 Å². The lowest BCUT2D eigenvalue weighted by atomic mass is 10.0. The predicted octanol–water partition coefficient (Wildman–Crippen LogP) is 4.49. The predicted molar refractivity (Wildman–Crippen MR) is 70.2 cm³/mol. The summed E-state index contributed by atoms with van der Waals surface area (Å²) in [5.41, 5.74) is 0.966. The molecule has 1 atom stereocenters. The van der Waals surface area contributed by atoms with Gasteiger partial charge in [-0.25, -0.2) is 4.39 Å². The van der Waals surface area contributed by atoms with Crippen molar-refractivity contribution >= 4 is 43.2 Å². The van der Waals surface area contributed by atoms with Gasteiger partial charge in [0.25, 0.3) is 0 Å². The first-order valence-corrected chi connectivity index (χ1v) is 6.91. The fourth-order valence-electron chi connectivity index (χ4n) is 1.37. The van der Waals surface area contributed by atoms with E-state index in [-0.39, 0.29) is 5.56 Å². The second-order valence-corrected chi connectivity index (χ2v) is 6.46. The molecule has 2 aromatic rings. The maximum atomic E-state index is 13.5. The van der Waals surface area contributed by atoms with Crippen molar-refractivity contribution in [2.24, 2.45) is 0 Å². The summed E-state index contributed by atoms with van der Waals surface area (Å²) in [5.74, 6) is -0.405. The van der Waals surface area contributed by atoms with E-state index in [1.165, 1.54) is 17.4 Å². The summed E-state index contributed by atoms with van der Waals surface area (Å²) >= 11 is 8.03. The molecule has 1 aromatic heterocycles. The molecule has 0 saturated carbocycles. The van der Waals surface area contributed by atoms with Crippen molar-refractivity contribution in [2.45, 2.75) is 6.10 Å². The molecule has 0 aliphatic rings. The molecular weight excluding hydrogens is 359 g/mol. The fourth-order valence-corrected chi connectivity index (χ4v) is 2.94. The minimum absolute atomic E-state index is 0.277. The maximum Gasteiger partial charge on any atom is 0.129 e. The van der Waals surface area contributed by atoms with Crippen molar-refractivity contribution in [2.75, 3.05) is 0 Å². The highest BCUT2D eigenvalue weighted by atomic mass is 79.9. The van der Waals surface area contributed by atoms with E-state index in [0.717, 1.165) is 8.26 Å². The molecule has 16 heavy (non-hydrogen) atoms. The Morgan fingerprint density at radius 2 is 2.00 bits per heavy atom. The van der Waals surface area contributed by atoms with Gasteiger partial charge in [-0.2, -0.15) is 0 Å². The van der Waals surface area contributed by atoms with Gasteiger partial charge in [0, 0.05) is 10.0 Å². The lowest BCUT2D eigenvalue weighted by Gasteiger charge is -2.10. The van der Waals surface area contributed by atoms with Crippen LogP contribution >= 0.6 is 43.2 Å². The topological polar surface area (TPSA) is 20.2 Å². The average molecular weight is 366 g/mol. The molecule has 1 heterocycles. The van der Waals surface area contributed by atoms with Crippen molar-refractivity contribution in [3.05, 3.63) is 54.8 Å². The van der Waals surface area contributed by atoms with Crippen LogP contribution in [0, 0.1) is 5.82 Å². The first-order valence-electron chi connectivity index (χ1n) is 4.45. The van der Waals surface area contributed by atoms with E-state index in [9.17, 15) is 9.50 Å². The molecule has 0 saturated heterocycles. The van der Waals surface area contributed by atoms with E-state index in [1.807, 2.05) is 0 Å². The van der Waals surface area contributed by atoms with E-state index in [2.05, 4.69) is 31.9 Å². The smallest absolute Gasteiger partial charge is 0.129 e. The third kappa shape index (κ3) is 2.53. The van der Waals surface area contributed by atoms with Gasteiger partial charge >= 0.3 is 0 Å². The highest BCUT2D eigenvalue weighted by molar-refractivity contribution is 9.11. The van der Waals surface area contributed by atoms with Gasteiger partial charge in [-0.05, 0) is 51.1 Å². The number of aliphatic hydroxyl groups excluding tert-OH is 1. The standard InChI is InChI=1S/C11H7Br2FOS/c12-7-1-2-9(14)8(4-7)11(15)6-3-10(13)16-5-6/h1-5,11,15H. The van der Waals surface area contributed by atoms with Crippen molar-refractivity contribution in [3.63, 3.8) is 0 Å². The zero-order valence-electron chi connectivity index (χ0n) is 7.95. The third-order valence-corrected chi connectivity index (χ3v) is 4.17. The summed E-state index contributed by atoms with van der Waals surface area (Å²) in [6.07, 6.45) is -0.931. The summed E-state index contributed by atoms with van der Waals surface area (Å²) in [6, 6.07) is 6.32. The van der Waals surface area contributed by atoms with Crippen LogP contribution in [0.15, 0.2) is 37.9 Å². The molecule has 1 aromatic carbocycles. The molecule has 0 bridgehead atoms. The lowest BCUT2D eigenvalue weighted by Crippen LogP contribution is -2.01. The van der Waals surface area contributed by atoms with Gasteiger partial charge in [-0.3, -0.25) is 0 Å². The first-order chi connectivity index (χ1) is 7.58. The minimum Gasteiger partial charge on any atom is -0.384 e. The molecule has 1 nitrogen and oxygen atoms in total. The van der Waals surface area contributed by atoms with Crippen LogP contribution in [-0.4, -0.2) is 5.11 Å². The van der Waals surface area contributed by atoms with E-state index >= 15 is 0 Å². The van der Waals surface area contributed by atoms with Crippen LogP contribution in [0.4, 0.5) is 4.39 Å². The van der Waals surface area contributed by atoms with Gasteiger partial charge < -0.3 is 5.11 Å². The first kappa shape index (κ1) is 12.2. The average Bonchev–Trinajstić information content (AvgIpc) is 2.67. The van der Waals surface area contributed by atoms with Crippen molar-refractivity contribution in [3.8, 4) is 0 Å². The molecule has 1 N–H and O–H groups in total. The number of thiophene rings is 1. The zero-order chi connectivity index (χ0) is 11.7. The van der Waals surface area contributed by atoms with Crippen molar-refractivity contribution in [1.29, 1.82) is 0 Å². The second kappa shape index (κ2) is 4.96. The van der Waals surface area contributed by atoms with Crippen molar-refractivity contribution in [1.82, 2.24) is 0 Å². The van der Waals surface area contributed by atoms with E-state index < -0.39 is 11.9 Å². The van der Waals surface area contributed by atoms with Gasteiger partial charge in [0.2, 0.25) is 0 Å². The molecule has 0 fully saturated rings. The molecule has 0 aliphatic carbocycles. The highest BCUT2D eigenvalue weighted by Crippen LogP contribution is 2.31. The molecule has 1 unspecified atom stereocenters. The molecule has 0 radical (unpaired) electrons. The monoisotopic (exact) mass is 364 g/mol. The van der Waals surface area contributed by atoms with Crippen LogP contribution in [-0.2, 0) is 0 Å². The Labute approximate surface area is 113 Å². The SMILES string of the molecule is OC(c1csc(Br)c1)c1cc(Br)ccc1F. The third-order valence-electron chi connectivity index (χ3n) is 2.16. The quantitative estimate of drug-likeness (QED) is 0.831. The van der Waals surface area contributed by atoms with Crippen LogP contribution in [0.5, 0.6) is 0 Å². The maximum absolute atomic E-state index is 13.5. The Kier molecular flexibility index (Phi) is 3.79. The van der Waals surface area contributed by atoms with E-state index in [0.29, 0.717) is 5.56 Å². The molecule has 0 spiro atoms. The van der Waals surface area contributed by atoms with Crippen LogP contribution in [0.25, 0.3) is 0 Å². The largest absolute Gasteiger partial charge is 0.384 e. The van der Waals surface area contributed by atoms with Gasteiger partial charge in [0.05, 0.1) is 3.79 Å². The Balaban J connectivity index is 2.40. The summed E-state index contributed by atoms with van der Waals surface area (Å²) in [6.45, 7) is 0. The molecule has 2 rings (SSSR count). The van der Waals surface area contributed by atoms with Crippen LogP contribution in [0.2, 0.25) is 0 Å². The number of benzene rings is 1. The Bertz CT molecular complexity index is 512. The van der Waals surface area contributed by atoms with Crippen molar-refractivity contribution < 1.29 is 9.50 Å². The normalized spacial score (nSPS) is 12.8.